The smallest absolute Gasteiger partial charge is 0.465 e. The Kier molecular flexibility index (Phi) is 8.41. The van der Waals surface area contributed by atoms with Crippen LogP contribution in [0.1, 0.15) is 23.3 Å². The molecule has 41 heavy (non-hydrogen) atoms. The van der Waals surface area contributed by atoms with Gasteiger partial charge in [0.2, 0.25) is 0 Å². The highest BCUT2D eigenvalue weighted by Gasteiger charge is 2.41. The van der Waals surface area contributed by atoms with Crippen molar-refractivity contribution in [3.05, 3.63) is 41.7 Å². The van der Waals surface area contributed by atoms with E-state index < -0.39 is 59.2 Å². The SMILES string of the molecule is Cn1ncc(NC(=O)c2nc(-c3c(F)cccc3F)sc2NC(=O)O)c1N1CCC(F)C(NC(=O)C(F)(F)F)CC1. The lowest BCUT2D eigenvalue weighted by atomic mass is 10.1. The molecule has 0 radical (unpaired) electrons. The number of alkyl halides is 4. The molecule has 18 heteroatoms. The van der Waals surface area contributed by atoms with Gasteiger partial charge in [0.15, 0.2) is 11.5 Å². The summed E-state index contributed by atoms with van der Waals surface area (Å²) in [5.74, 6) is -4.97. The minimum atomic E-state index is -5.17. The first kappa shape index (κ1) is 29.6. The predicted octanol–water partition coefficient (Wildman–Crippen LogP) is 4.15. The maximum atomic E-state index is 14.6. The number of halogens is 6. The van der Waals surface area contributed by atoms with Crippen LogP contribution in [0.5, 0.6) is 0 Å². The Bertz CT molecular complexity index is 1460. The summed E-state index contributed by atoms with van der Waals surface area (Å²) in [6, 6.07) is 1.65. The number of aryl methyl sites for hydroxylation is 1. The fourth-order valence-electron chi connectivity index (χ4n) is 4.23. The molecule has 0 spiro atoms. The van der Waals surface area contributed by atoms with E-state index in [1.54, 1.807) is 10.2 Å². The largest absolute Gasteiger partial charge is 0.471 e. The minimum absolute atomic E-state index is 0.0127. The number of rotatable bonds is 6. The van der Waals surface area contributed by atoms with Crippen molar-refractivity contribution in [2.24, 2.45) is 7.05 Å². The maximum absolute atomic E-state index is 14.6. The number of thiazole rings is 1. The highest BCUT2D eigenvalue weighted by atomic mass is 32.1. The molecule has 3 heterocycles. The Morgan fingerprint density at radius 1 is 1.10 bits per heavy atom. The second-order valence-corrected chi connectivity index (χ2v) is 9.84. The quantitative estimate of drug-likeness (QED) is 0.310. The van der Waals surface area contributed by atoms with Crippen LogP contribution in [0.2, 0.25) is 0 Å². The fraction of sp³-hybridized carbons (Fsp3) is 0.348. The van der Waals surface area contributed by atoms with Gasteiger partial charge in [0.25, 0.3) is 5.91 Å². The Labute approximate surface area is 231 Å². The molecule has 0 saturated carbocycles. The monoisotopic (exact) mass is 605 g/mol. The molecule has 1 fully saturated rings. The molecular formula is C23H21F6N7O4S. The molecule has 220 valence electrons. The van der Waals surface area contributed by atoms with Crippen LogP contribution in [-0.2, 0) is 11.8 Å². The number of hydrogen-bond acceptors (Lipinski definition) is 7. The molecule has 1 aromatic carbocycles. The van der Waals surface area contributed by atoms with Gasteiger partial charge in [-0.15, -0.1) is 0 Å². The van der Waals surface area contributed by atoms with Crippen LogP contribution in [0.4, 0.5) is 47.6 Å². The third-order valence-electron chi connectivity index (χ3n) is 6.09. The maximum Gasteiger partial charge on any atom is 0.471 e. The summed E-state index contributed by atoms with van der Waals surface area (Å²) in [7, 11) is 1.49. The van der Waals surface area contributed by atoms with Crippen molar-refractivity contribution < 1.29 is 45.8 Å². The second-order valence-electron chi connectivity index (χ2n) is 8.84. The molecule has 1 aliphatic heterocycles. The van der Waals surface area contributed by atoms with E-state index >= 15 is 0 Å². The first-order valence-electron chi connectivity index (χ1n) is 11.8. The van der Waals surface area contributed by atoms with Crippen molar-refractivity contribution in [2.45, 2.75) is 31.2 Å². The van der Waals surface area contributed by atoms with Gasteiger partial charge < -0.3 is 20.6 Å². The molecular weight excluding hydrogens is 584 g/mol. The molecule has 0 aliphatic carbocycles. The Hall–Kier alpha value is -4.35. The molecule has 3 amide bonds. The van der Waals surface area contributed by atoms with Gasteiger partial charge in [-0.3, -0.25) is 19.6 Å². The predicted molar refractivity (Wildman–Crippen MR) is 135 cm³/mol. The average molecular weight is 606 g/mol. The van der Waals surface area contributed by atoms with Gasteiger partial charge in [-0.2, -0.15) is 18.3 Å². The van der Waals surface area contributed by atoms with Crippen molar-refractivity contribution in [2.75, 3.05) is 28.6 Å². The van der Waals surface area contributed by atoms with Crippen molar-refractivity contribution in [3.8, 4) is 10.6 Å². The van der Waals surface area contributed by atoms with Gasteiger partial charge in [0.1, 0.15) is 33.5 Å². The fourth-order valence-corrected chi connectivity index (χ4v) is 5.23. The number of aromatic nitrogens is 3. The molecule has 3 aromatic rings. The summed E-state index contributed by atoms with van der Waals surface area (Å²) in [6.07, 6.45) is -7.75. The van der Waals surface area contributed by atoms with E-state index in [1.807, 2.05) is 5.32 Å². The van der Waals surface area contributed by atoms with E-state index in [2.05, 4.69) is 15.4 Å². The topological polar surface area (TPSA) is 141 Å². The van der Waals surface area contributed by atoms with Crippen LogP contribution in [0.25, 0.3) is 10.6 Å². The van der Waals surface area contributed by atoms with Crippen LogP contribution in [0, 0.1) is 11.6 Å². The van der Waals surface area contributed by atoms with Crippen LogP contribution >= 0.6 is 11.3 Å². The van der Waals surface area contributed by atoms with Gasteiger partial charge in [0.05, 0.1) is 17.8 Å². The van der Waals surface area contributed by atoms with Crippen molar-refractivity contribution in [1.29, 1.82) is 0 Å². The molecule has 11 nitrogen and oxygen atoms in total. The summed E-state index contributed by atoms with van der Waals surface area (Å²) < 4.78 is 82.6. The zero-order chi connectivity index (χ0) is 30.1. The van der Waals surface area contributed by atoms with Crippen LogP contribution in [-0.4, -0.2) is 69.3 Å². The first-order chi connectivity index (χ1) is 19.3. The number of hydrogen-bond donors (Lipinski definition) is 4. The average Bonchev–Trinajstić information content (AvgIpc) is 3.39. The standard InChI is InChI=1S/C23H21F6N7O4S/c1-35-20(36-7-5-10(24)13(6-8-36)32-21(38)23(27,28)29)14(9-30-35)31-17(37)16-19(34-22(39)40)41-18(33-16)15-11(25)3-2-4-12(15)26/h2-4,9-10,13,34H,5-8H2,1H3,(H,31,37)(H,32,38)(H,39,40). The van der Waals surface area contributed by atoms with E-state index in [1.165, 1.54) is 17.9 Å². The van der Waals surface area contributed by atoms with Crippen molar-refractivity contribution in [3.63, 3.8) is 0 Å². The summed E-state index contributed by atoms with van der Waals surface area (Å²) in [4.78, 5) is 41.3. The van der Waals surface area contributed by atoms with Gasteiger partial charge >= 0.3 is 18.2 Å². The zero-order valence-electron chi connectivity index (χ0n) is 20.9. The van der Waals surface area contributed by atoms with E-state index in [0.29, 0.717) is 11.3 Å². The molecule has 1 saturated heterocycles. The van der Waals surface area contributed by atoms with E-state index in [-0.39, 0.29) is 47.4 Å². The number of benzene rings is 1. The molecule has 1 aliphatic rings. The van der Waals surface area contributed by atoms with Gasteiger partial charge in [-0.05, 0) is 25.0 Å². The third-order valence-corrected chi connectivity index (χ3v) is 7.08. The van der Waals surface area contributed by atoms with Crippen molar-refractivity contribution >= 4 is 45.8 Å². The van der Waals surface area contributed by atoms with Gasteiger partial charge in [-0.25, -0.2) is 22.9 Å². The van der Waals surface area contributed by atoms with Crippen LogP contribution < -0.4 is 20.9 Å². The molecule has 0 bridgehead atoms. The summed E-state index contributed by atoms with van der Waals surface area (Å²) in [5, 5.41) is 18.7. The first-order valence-corrected chi connectivity index (χ1v) is 12.6. The Balaban J connectivity index is 1.58. The lowest BCUT2D eigenvalue weighted by Crippen LogP contribution is -2.47. The Morgan fingerprint density at radius 3 is 2.39 bits per heavy atom. The number of carboxylic acid groups (broad SMARTS) is 1. The second kappa shape index (κ2) is 11.6. The number of anilines is 3. The normalized spacial score (nSPS) is 17.6. The van der Waals surface area contributed by atoms with E-state index in [4.69, 9.17) is 0 Å². The highest BCUT2D eigenvalue weighted by molar-refractivity contribution is 7.19. The lowest BCUT2D eigenvalue weighted by Gasteiger charge is -2.24. The molecule has 2 aromatic heterocycles. The molecule has 2 atom stereocenters. The summed E-state index contributed by atoms with van der Waals surface area (Å²) in [5.41, 5.74) is -1.01. The van der Waals surface area contributed by atoms with E-state index in [9.17, 15) is 45.8 Å². The number of nitrogens with zero attached hydrogens (tertiary/aromatic N) is 4. The number of carbonyl (C=O) groups excluding carboxylic acids is 2. The number of nitrogens with one attached hydrogen (secondary N) is 3. The highest BCUT2D eigenvalue weighted by Crippen LogP contribution is 2.36. The molecule has 2 unspecified atom stereocenters. The lowest BCUT2D eigenvalue weighted by molar-refractivity contribution is -0.174. The number of carbonyl (C=O) groups is 3. The Morgan fingerprint density at radius 2 is 1.76 bits per heavy atom. The van der Waals surface area contributed by atoms with Crippen LogP contribution in [0.3, 0.4) is 0 Å². The minimum Gasteiger partial charge on any atom is -0.465 e. The van der Waals surface area contributed by atoms with E-state index in [0.717, 1.165) is 18.2 Å². The number of amides is 3. The summed E-state index contributed by atoms with van der Waals surface area (Å²) >= 11 is 0.524. The zero-order valence-corrected chi connectivity index (χ0v) is 21.7. The van der Waals surface area contributed by atoms with Crippen LogP contribution in [0.15, 0.2) is 24.4 Å². The molecule has 4 rings (SSSR count). The van der Waals surface area contributed by atoms with Crippen molar-refractivity contribution in [1.82, 2.24) is 20.1 Å². The van der Waals surface area contributed by atoms with Gasteiger partial charge in [-0.1, -0.05) is 17.4 Å². The van der Waals surface area contributed by atoms with Gasteiger partial charge in [0, 0.05) is 20.1 Å². The molecule has 4 N–H and O–H groups in total. The summed E-state index contributed by atoms with van der Waals surface area (Å²) in [6.45, 7) is -0.0357. The third kappa shape index (κ3) is 6.53.